The summed E-state index contributed by atoms with van der Waals surface area (Å²) in [6.07, 6.45) is 5.59. The maximum atomic E-state index is 8.97. The van der Waals surface area contributed by atoms with E-state index in [1.54, 1.807) is 0 Å². The maximum Gasteiger partial charge on any atom is 0.104 e. The van der Waals surface area contributed by atoms with Gasteiger partial charge in [0.2, 0.25) is 0 Å². The molecule has 0 aromatic rings. The summed E-state index contributed by atoms with van der Waals surface area (Å²) >= 11 is 0. The van der Waals surface area contributed by atoms with Crippen LogP contribution in [0, 0.1) is 11.3 Å². The van der Waals surface area contributed by atoms with Gasteiger partial charge in [0.15, 0.2) is 0 Å². The highest BCUT2D eigenvalue weighted by atomic mass is 16.3. The molecule has 0 bridgehead atoms. The number of β-amino-alcohol motifs (C(OH)–C–C–N with tert-alkyl or cyclic N) is 1. The molecular weight excluding hydrogens is 176 g/mol. The molecule has 1 unspecified atom stereocenters. The minimum absolute atomic E-state index is 0.0895. The molecule has 14 heavy (non-hydrogen) atoms. The van der Waals surface area contributed by atoms with Crippen molar-refractivity contribution in [2.45, 2.75) is 51.5 Å². The Morgan fingerprint density at radius 1 is 1.36 bits per heavy atom. The Bertz CT molecular complexity index is 177. The van der Waals surface area contributed by atoms with Gasteiger partial charge in [0.1, 0.15) is 5.54 Å². The third-order valence-corrected chi connectivity index (χ3v) is 2.40. The van der Waals surface area contributed by atoms with Crippen LogP contribution in [0.25, 0.3) is 0 Å². The average molecular weight is 198 g/mol. The first-order chi connectivity index (χ1) is 6.68. The molecule has 0 radical (unpaired) electrons. The zero-order valence-electron chi connectivity index (χ0n) is 9.34. The molecular formula is C11H22N2O. The predicted octanol–water partition coefficient (Wildman–Crippen LogP) is 1.82. The summed E-state index contributed by atoms with van der Waals surface area (Å²) in [5.74, 6) is 0. The van der Waals surface area contributed by atoms with E-state index in [4.69, 9.17) is 10.4 Å². The smallest absolute Gasteiger partial charge is 0.104 e. The Kier molecular flexibility index (Phi) is 7.45. The lowest BCUT2D eigenvalue weighted by molar-refractivity contribution is 0.270. The van der Waals surface area contributed by atoms with Crippen molar-refractivity contribution < 1.29 is 5.11 Å². The minimum Gasteiger partial charge on any atom is -0.395 e. The van der Waals surface area contributed by atoms with Crippen LogP contribution in [0.15, 0.2) is 0 Å². The molecule has 0 aliphatic rings. The summed E-state index contributed by atoms with van der Waals surface area (Å²) in [6, 6.07) is 2.27. The lowest BCUT2D eigenvalue weighted by Crippen LogP contribution is -2.42. The summed E-state index contributed by atoms with van der Waals surface area (Å²) in [4.78, 5) is 0. The monoisotopic (exact) mass is 198 g/mol. The standard InChI is InChI=1S/C11H22N2O/c1-3-4-5-6-7-11(2,10-12)13-8-9-14/h13-14H,3-9H2,1-2H3. The molecule has 0 fully saturated rings. The van der Waals surface area contributed by atoms with E-state index in [9.17, 15) is 0 Å². The number of hydrogen-bond donors (Lipinski definition) is 2. The Morgan fingerprint density at radius 3 is 2.57 bits per heavy atom. The first-order valence-corrected chi connectivity index (χ1v) is 5.45. The van der Waals surface area contributed by atoms with Crippen LogP contribution < -0.4 is 5.32 Å². The Morgan fingerprint density at radius 2 is 2.07 bits per heavy atom. The molecule has 0 rings (SSSR count). The van der Waals surface area contributed by atoms with Gasteiger partial charge in [0.25, 0.3) is 0 Å². The summed E-state index contributed by atoms with van der Waals surface area (Å²) in [5, 5.41) is 20.7. The van der Waals surface area contributed by atoms with Crippen LogP contribution in [0.4, 0.5) is 0 Å². The predicted molar refractivity (Wildman–Crippen MR) is 57.9 cm³/mol. The number of unbranched alkanes of at least 4 members (excludes halogenated alkanes) is 3. The minimum atomic E-state index is -0.462. The van der Waals surface area contributed by atoms with Crippen LogP contribution in [0.5, 0.6) is 0 Å². The molecule has 0 heterocycles. The Balaban J connectivity index is 3.70. The number of nitrogens with zero attached hydrogens (tertiary/aromatic N) is 1. The third-order valence-electron chi connectivity index (χ3n) is 2.40. The lowest BCUT2D eigenvalue weighted by atomic mass is 9.96. The van der Waals surface area contributed by atoms with Crippen LogP contribution in [-0.2, 0) is 0 Å². The highest BCUT2D eigenvalue weighted by Gasteiger charge is 2.21. The summed E-state index contributed by atoms with van der Waals surface area (Å²) in [5.41, 5.74) is -0.462. The van der Waals surface area contributed by atoms with E-state index in [1.807, 2.05) is 6.92 Å². The molecule has 82 valence electrons. The van der Waals surface area contributed by atoms with Crippen LogP contribution in [-0.4, -0.2) is 23.8 Å². The van der Waals surface area contributed by atoms with Crippen LogP contribution in [0.3, 0.4) is 0 Å². The van der Waals surface area contributed by atoms with Gasteiger partial charge in [-0.15, -0.1) is 0 Å². The third kappa shape index (κ3) is 5.95. The number of hydrogen-bond acceptors (Lipinski definition) is 3. The zero-order chi connectivity index (χ0) is 10.9. The Labute approximate surface area is 87.1 Å². The number of nitrogens with one attached hydrogen (secondary N) is 1. The molecule has 0 aliphatic heterocycles. The van der Waals surface area contributed by atoms with Crippen LogP contribution in [0.1, 0.15) is 46.0 Å². The molecule has 0 spiro atoms. The van der Waals surface area contributed by atoms with Gasteiger partial charge in [-0.05, 0) is 13.3 Å². The quantitative estimate of drug-likeness (QED) is 0.585. The number of rotatable bonds is 8. The second-order valence-electron chi connectivity index (χ2n) is 3.90. The van der Waals surface area contributed by atoms with Gasteiger partial charge >= 0.3 is 0 Å². The number of aliphatic hydroxyl groups excluding tert-OH is 1. The molecule has 1 atom stereocenters. The molecule has 0 saturated carbocycles. The summed E-state index contributed by atoms with van der Waals surface area (Å²) in [6.45, 7) is 4.66. The fourth-order valence-electron chi connectivity index (χ4n) is 1.42. The average Bonchev–Trinajstić information content (AvgIpc) is 2.22. The second-order valence-corrected chi connectivity index (χ2v) is 3.90. The molecule has 3 heteroatoms. The van der Waals surface area contributed by atoms with E-state index in [2.05, 4.69) is 18.3 Å². The van der Waals surface area contributed by atoms with Gasteiger partial charge < -0.3 is 5.11 Å². The number of aliphatic hydroxyl groups is 1. The highest BCUT2D eigenvalue weighted by Crippen LogP contribution is 2.14. The van der Waals surface area contributed by atoms with E-state index in [1.165, 1.54) is 19.3 Å². The van der Waals surface area contributed by atoms with Crippen molar-refractivity contribution in [1.29, 1.82) is 5.26 Å². The molecule has 2 N–H and O–H groups in total. The van der Waals surface area contributed by atoms with Gasteiger partial charge in [-0.3, -0.25) is 5.32 Å². The first-order valence-electron chi connectivity index (χ1n) is 5.45. The van der Waals surface area contributed by atoms with E-state index in [0.29, 0.717) is 6.54 Å². The lowest BCUT2D eigenvalue weighted by Gasteiger charge is -2.22. The van der Waals surface area contributed by atoms with Crippen molar-refractivity contribution in [2.75, 3.05) is 13.2 Å². The number of nitriles is 1. The molecule has 3 nitrogen and oxygen atoms in total. The van der Waals surface area contributed by atoms with Gasteiger partial charge in [-0.1, -0.05) is 32.6 Å². The van der Waals surface area contributed by atoms with Gasteiger partial charge in [0.05, 0.1) is 12.7 Å². The van der Waals surface area contributed by atoms with Crippen LogP contribution in [0.2, 0.25) is 0 Å². The van der Waals surface area contributed by atoms with Gasteiger partial charge in [-0.2, -0.15) is 5.26 Å². The topological polar surface area (TPSA) is 56.0 Å². The van der Waals surface area contributed by atoms with Crippen molar-refractivity contribution in [3.8, 4) is 6.07 Å². The SMILES string of the molecule is CCCCCCC(C)(C#N)NCCO. The van der Waals surface area contributed by atoms with Crippen molar-refractivity contribution in [3.63, 3.8) is 0 Å². The van der Waals surface area contributed by atoms with Crippen molar-refractivity contribution in [1.82, 2.24) is 5.32 Å². The maximum absolute atomic E-state index is 8.97. The largest absolute Gasteiger partial charge is 0.395 e. The fourth-order valence-corrected chi connectivity index (χ4v) is 1.42. The van der Waals surface area contributed by atoms with E-state index >= 15 is 0 Å². The van der Waals surface area contributed by atoms with Crippen molar-refractivity contribution in [2.24, 2.45) is 0 Å². The van der Waals surface area contributed by atoms with Gasteiger partial charge in [0, 0.05) is 6.54 Å². The first kappa shape index (κ1) is 13.4. The van der Waals surface area contributed by atoms with Crippen molar-refractivity contribution >= 4 is 0 Å². The van der Waals surface area contributed by atoms with E-state index in [0.717, 1.165) is 12.8 Å². The molecule has 0 amide bonds. The van der Waals surface area contributed by atoms with Gasteiger partial charge in [-0.25, -0.2) is 0 Å². The normalized spacial score (nSPS) is 14.7. The van der Waals surface area contributed by atoms with E-state index in [-0.39, 0.29) is 6.61 Å². The highest BCUT2D eigenvalue weighted by molar-refractivity contribution is 5.03. The molecule has 0 aromatic heterocycles. The van der Waals surface area contributed by atoms with Crippen molar-refractivity contribution in [3.05, 3.63) is 0 Å². The summed E-state index contributed by atoms with van der Waals surface area (Å²) in [7, 11) is 0. The zero-order valence-corrected chi connectivity index (χ0v) is 9.34. The molecule has 0 saturated heterocycles. The second kappa shape index (κ2) is 7.78. The Hall–Kier alpha value is -0.590. The summed E-state index contributed by atoms with van der Waals surface area (Å²) < 4.78 is 0. The molecule has 0 aliphatic carbocycles. The fraction of sp³-hybridized carbons (Fsp3) is 0.909. The van der Waals surface area contributed by atoms with E-state index < -0.39 is 5.54 Å². The molecule has 0 aromatic carbocycles. The van der Waals surface area contributed by atoms with Crippen LogP contribution >= 0.6 is 0 Å².